The Hall–Kier alpha value is -3.15. The Morgan fingerprint density at radius 2 is 1.82 bits per heavy atom. The molecule has 0 aromatic heterocycles. The minimum Gasteiger partial charge on any atom is -0.497 e. The van der Waals surface area contributed by atoms with Gasteiger partial charge in [-0.3, -0.25) is 0 Å². The van der Waals surface area contributed by atoms with Crippen LogP contribution in [0.5, 0.6) is 11.5 Å². The van der Waals surface area contributed by atoms with Crippen LogP contribution in [-0.2, 0) is 0 Å². The summed E-state index contributed by atoms with van der Waals surface area (Å²) in [6, 6.07) is 13.1. The van der Waals surface area contributed by atoms with Crippen molar-refractivity contribution in [1.82, 2.24) is 0 Å². The molecule has 2 aromatic carbocycles. The van der Waals surface area contributed by atoms with Crippen molar-refractivity contribution in [3.63, 3.8) is 0 Å². The van der Waals surface area contributed by atoms with E-state index < -0.39 is 18.1 Å². The first-order chi connectivity index (χ1) is 15.8. The Morgan fingerprint density at radius 3 is 2.48 bits per heavy atom. The highest BCUT2D eigenvalue weighted by Crippen LogP contribution is 2.40. The highest BCUT2D eigenvalue weighted by Gasteiger charge is 2.47. The Bertz CT molecular complexity index is 1010. The maximum atomic E-state index is 14.3. The molecule has 0 amide bonds. The number of methoxy groups -OCH3 is 1. The van der Waals surface area contributed by atoms with Crippen LogP contribution >= 0.6 is 0 Å². The second-order valence-electron chi connectivity index (χ2n) is 8.43. The first-order valence-electron chi connectivity index (χ1n) is 10.8. The lowest BCUT2D eigenvalue weighted by Gasteiger charge is -2.25. The third-order valence-corrected chi connectivity index (χ3v) is 6.31. The van der Waals surface area contributed by atoms with Crippen molar-refractivity contribution in [2.45, 2.75) is 37.6 Å². The van der Waals surface area contributed by atoms with E-state index in [1.165, 1.54) is 13.2 Å². The van der Waals surface area contributed by atoms with Crippen LogP contribution in [0.4, 0.5) is 28.9 Å². The Balaban J connectivity index is 1.40. The first kappa shape index (κ1) is 23.0. The van der Waals surface area contributed by atoms with Crippen molar-refractivity contribution >= 4 is 11.4 Å². The third kappa shape index (κ3) is 5.10. The van der Waals surface area contributed by atoms with Gasteiger partial charge in [0.05, 0.1) is 37.7 Å². The summed E-state index contributed by atoms with van der Waals surface area (Å²) in [6.45, 7) is 0.991. The van der Waals surface area contributed by atoms with E-state index in [2.05, 4.69) is 0 Å². The van der Waals surface area contributed by atoms with Gasteiger partial charge in [-0.2, -0.15) is 18.4 Å². The maximum Gasteiger partial charge on any atom is 0.393 e. The number of halogens is 4. The molecule has 2 saturated heterocycles. The molecule has 0 N–H and O–H groups in total. The molecule has 3 atom stereocenters. The third-order valence-electron chi connectivity index (χ3n) is 6.31. The van der Waals surface area contributed by atoms with Crippen LogP contribution in [0.1, 0.15) is 19.3 Å². The molecule has 0 radical (unpaired) electrons. The van der Waals surface area contributed by atoms with Crippen LogP contribution in [0, 0.1) is 23.1 Å². The van der Waals surface area contributed by atoms with Gasteiger partial charge in [-0.1, -0.05) is 0 Å². The number of anilines is 2. The van der Waals surface area contributed by atoms with E-state index in [9.17, 15) is 17.6 Å². The monoisotopic (exact) mass is 463 g/mol. The molecular formula is C24H25F4N3O2. The Morgan fingerprint density at radius 1 is 1.09 bits per heavy atom. The summed E-state index contributed by atoms with van der Waals surface area (Å²) in [6.07, 6.45) is -3.74. The van der Waals surface area contributed by atoms with E-state index in [0.29, 0.717) is 42.4 Å². The van der Waals surface area contributed by atoms with Crippen molar-refractivity contribution in [1.29, 1.82) is 5.26 Å². The Labute approximate surface area is 190 Å². The fourth-order valence-corrected chi connectivity index (χ4v) is 4.58. The van der Waals surface area contributed by atoms with Gasteiger partial charge in [0.2, 0.25) is 0 Å². The van der Waals surface area contributed by atoms with Crippen molar-refractivity contribution in [3.8, 4) is 17.6 Å². The van der Waals surface area contributed by atoms with Crippen LogP contribution in [0.2, 0.25) is 0 Å². The zero-order valence-corrected chi connectivity index (χ0v) is 18.2. The molecule has 4 rings (SSSR count). The summed E-state index contributed by atoms with van der Waals surface area (Å²) in [5, 5.41) is 9.02. The van der Waals surface area contributed by atoms with E-state index in [1.54, 1.807) is 41.3 Å². The molecule has 9 heteroatoms. The summed E-state index contributed by atoms with van der Waals surface area (Å²) in [7, 11) is 1.53. The first-order valence-corrected chi connectivity index (χ1v) is 10.8. The van der Waals surface area contributed by atoms with Gasteiger partial charge < -0.3 is 19.3 Å². The molecule has 0 bridgehead atoms. The number of benzene rings is 2. The van der Waals surface area contributed by atoms with Crippen molar-refractivity contribution in [3.05, 3.63) is 48.3 Å². The van der Waals surface area contributed by atoms with Gasteiger partial charge in [0.1, 0.15) is 23.4 Å². The lowest BCUT2D eigenvalue weighted by atomic mass is 10.0. The SMILES string of the molecule is COc1ccc(F)c(N2CCC(Oc3ccc(N4C[C@H](C(F)(F)F)C[C@@H]4CC#N)cc3)C2)c1. The fraction of sp³-hybridized carbons (Fsp3) is 0.458. The molecule has 2 aliphatic heterocycles. The van der Waals surface area contributed by atoms with Crippen molar-refractivity contribution in [2.24, 2.45) is 5.92 Å². The zero-order valence-electron chi connectivity index (χ0n) is 18.2. The highest BCUT2D eigenvalue weighted by atomic mass is 19.4. The molecule has 0 aliphatic carbocycles. The van der Waals surface area contributed by atoms with Crippen LogP contribution < -0.4 is 19.3 Å². The van der Waals surface area contributed by atoms with Gasteiger partial charge in [-0.25, -0.2) is 4.39 Å². The maximum absolute atomic E-state index is 14.3. The van der Waals surface area contributed by atoms with Crippen LogP contribution in [0.15, 0.2) is 42.5 Å². The van der Waals surface area contributed by atoms with E-state index in [-0.39, 0.29) is 31.3 Å². The predicted molar refractivity (Wildman–Crippen MR) is 116 cm³/mol. The number of nitrogens with zero attached hydrogens (tertiary/aromatic N) is 3. The van der Waals surface area contributed by atoms with Crippen molar-refractivity contribution in [2.75, 3.05) is 36.5 Å². The summed E-state index contributed by atoms with van der Waals surface area (Å²) in [5.41, 5.74) is 1.11. The fourth-order valence-electron chi connectivity index (χ4n) is 4.58. The summed E-state index contributed by atoms with van der Waals surface area (Å²) in [5.74, 6) is -0.584. The standard InChI is InChI=1S/C24H25F4N3O2/c1-32-20-6-7-22(25)23(13-20)30-11-9-21(15-30)33-19-4-2-17(3-5-19)31-14-16(24(26,27)28)12-18(31)8-10-29/h2-7,13,16,18,21H,8-9,11-12,14-15H2,1H3/t16-,18+,21?/m1/s1. The molecule has 2 heterocycles. The minimum absolute atomic E-state index is 0.0452. The number of nitriles is 1. The average molecular weight is 463 g/mol. The molecule has 5 nitrogen and oxygen atoms in total. The highest BCUT2D eigenvalue weighted by molar-refractivity contribution is 5.54. The van der Waals surface area contributed by atoms with Gasteiger partial charge >= 0.3 is 6.18 Å². The molecular weight excluding hydrogens is 438 g/mol. The smallest absolute Gasteiger partial charge is 0.393 e. The number of hydrogen-bond acceptors (Lipinski definition) is 5. The van der Waals surface area contributed by atoms with Crippen LogP contribution in [-0.4, -0.2) is 45.1 Å². The lowest BCUT2D eigenvalue weighted by molar-refractivity contribution is -0.168. The molecule has 1 unspecified atom stereocenters. The molecule has 2 aliphatic rings. The second kappa shape index (κ2) is 9.38. The van der Waals surface area contributed by atoms with Crippen molar-refractivity contribution < 1.29 is 27.0 Å². The van der Waals surface area contributed by atoms with Gasteiger partial charge in [0, 0.05) is 37.3 Å². The molecule has 176 valence electrons. The Kier molecular flexibility index (Phi) is 6.54. The van der Waals surface area contributed by atoms with E-state index >= 15 is 0 Å². The summed E-state index contributed by atoms with van der Waals surface area (Å²) in [4.78, 5) is 3.57. The minimum atomic E-state index is -4.28. The topological polar surface area (TPSA) is 48.7 Å². The number of ether oxygens (including phenoxy) is 2. The van der Waals surface area contributed by atoms with E-state index in [4.69, 9.17) is 14.7 Å². The summed E-state index contributed by atoms with van der Waals surface area (Å²) < 4.78 is 65.1. The molecule has 33 heavy (non-hydrogen) atoms. The van der Waals surface area contributed by atoms with Crippen LogP contribution in [0.25, 0.3) is 0 Å². The van der Waals surface area contributed by atoms with Gasteiger partial charge in [0.25, 0.3) is 0 Å². The van der Waals surface area contributed by atoms with Gasteiger partial charge in [0.15, 0.2) is 0 Å². The molecule has 0 saturated carbocycles. The van der Waals surface area contributed by atoms with Gasteiger partial charge in [-0.15, -0.1) is 0 Å². The molecule has 0 spiro atoms. The number of alkyl halides is 3. The summed E-state index contributed by atoms with van der Waals surface area (Å²) >= 11 is 0. The number of rotatable bonds is 6. The van der Waals surface area contributed by atoms with E-state index in [1.807, 2.05) is 11.0 Å². The molecule has 2 aromatic rings. The zero-order chi connectivity index (χ0) is 23.6. The largest absolute Gasteiger partial charge is 0.497 e. The van der Waals surface area contributed by atoms with Gasteiger partial charge in [-0.05, 0) is 42.8 Å². The quantitative estimate of drug-likeness (QED) is 0.554. The van der Waals surface area contributed by atoms with E-state index in [0.717, 1.165) is 0 Å². The molecule has 2 fully saturated rings. The second-order valence-corrected chi connectivity index (χ2v) is 8.43. The number of hydrogen-bond donors (Lipinski definition) is 0. The predicted octanol–water partition coefficient (Wildman–Crippen LogP) is 5.16. The normalized spacial score (nSPS) is 23.0. The lowest BCUT2D eigenvalue weighted by Crippen LogP contribution is -2.30. The average Bonchev–Trinajstić information content (AvgIpc) is 3.42. The van der Waals surface area contributed by atoms with Crippen LogP contribution in [0.3, 0.4) is 0 Å².